The van der Waals surface area contributed by atoms with Crippen LogP contribution in [-0.4, -0.2) is 28.6 Å². The zero-order valence-corrected chi connectivity index (χ0v) is 17.9. The number of hydrogen-bond donors (Lipinski definition) is 2. The average molecular weight is 433 g/mol. The summed E-state index contributed by atoms with van der Waals surface area (Å²) in [5.74, 6) is 0.0233. The maximum Gasteiger partial charge on any atom is 0.186 e. The van der Waals surface area contributed by atoms with Gasteiger partial charge in [0.2, 0.25) is 0 Å². The molecule has 0 saturated carbocycles. The predicted molar refractivity (Wildman–Crippen MR) is 126 cm³/mol. The fourth-order valence-electron chi connectivity index (χ4n) is 3.91. The van der Waals surface area contributed by atoms with E-state index in [1.807, 2.05) is 89.6 Å². The molecule has 0 aliphatic rings. The topological polar surface area (TPSA) is 54.3 Å². The first-order valence-corrected chi connectivity index (χ1v) is 10.8. The molecule has 0 fully saturated rings. The van der Waals surface area contributed by atoms with Crippen molar-refractivity contribution in [2.45, 2.75) is 19.0 Å². The number of carbonyl (C=O) groups excluding carboxylic acids is 1. The van der Waals surface area contributed by atoms with E-state index in [1.165, 1.54) is 0 Å². The van der Waals surface area contributed by atoms with Gasteiger partial charge in [-0.25, -0.2) is 0 Å². The van der Waals surface area contributed by atoms with Crippen molar-refractivity contribution in [2.24, 2.45) is 0 Å². The number of ketones is 1. The van der Waals surface area contributed by atoms with Gasteiger partial charge in [0.1, 0.15) is 0 Å². The molecule has 0 bridgehead atoms. The Morgan fingerprint density at radius 1 is 0.968 bits per heavy atom. The standard InChI is InChI=1S/C26H25ClN2O2/c27-21-12-10-19(11-13-21)14-15-28-25(20-6-2-1-3-7-20)26(31)23-18-29(16-17-30)24-9-5-4-8-22(23)24/h1-13,18,25,28,30H,14-17H2/t25-/m0/s1. The Bertz CT molecular complexity index is 1150. The zero-order valence-electron chi connectivity index (χ0n) is 17.2. The molecule has 4 aromatic rings. The lowest BCUT2D eigenvalue weighted by molar-refractivity contribution is 0.0944. The summed E-state index contributed by atoms with van der Waals surface area (Å²) in [6.45, 7) is 1.13. The molecule has 0 amide bonds. The van der Waals surface area contributed by atoms with Crippen LogP contribution in [0, 0.1) is 0 Å². The third-order valence-electron chi connectivity index (χ3n) is 5.47. The Balaban J connectivity index is 1.62. The molecule has 31 heavy (non-hydrogen) atoms. The van der Waals surface area contributed by atoms with E-state index in [1.54, 1.807) is 0 Å². The summed E-state index contributed by atoms with van der Waals surface area (Å²) >= 11 is 5.98. The van der Waals surface area contributed by atoms with Gasteiger partial charge in [0.15, 0.2) is 5.78 Å². The van der Waals surface area contributed by atoms with Gasteiger partial charge < -0.3 is 15.0 Å². The van der Waals surface area contributed by atoms with Gasteiger partial charge in [-0.2, -0.15) is 0 Å². The molecule has 0 spiro atoms. The van der Waals surface area contributed by atoms with Crippen LogP contribution in [0.1, 0.15) is 27.5 Å². The highest BCUT2D eigenvalue weighted by Crippen LogP contribution is 2.27. The molecule has 1 heterocycles. The van der Waals surface area contributed by atoms with E-state index in [4.69, 9.17) is 11.6 Å². The lowest BCUT2D eigenvalue weighted by Crippen LogP contribution is -2.30. The van der Waals surface area contributed by atoms with Gasteiger partial charge in [0, 0.05) is 40.8 Å². The first-order valence-electron chi connectivity index (χ1n) is 10.4. The number of rotatable bonds is 9. The largest absolute Gasteiger partial charge is 0.395 e. The van der Waals surface area contributed by atoms with Crippen LogP contribution in [0.2, 0.25) is 5.02 Å². The number of aromatic nitrogens is 1. The van der Waals surface area contributed by atoms with Crippen molar-refractivity contribution in [2.75, 3.05) is 13.2 Å². The van der Waals surface area contributed by atoms with E-state index in [-0.39, 0.29) is 12.4 Å². The number of fused-ring (bicyclic) bond motifs is 1. The van der Waals surface area contributed by atoms with Gasteiger partial charge >= 0.3 is 0 Å². The van der Waals surface area contributed by atoms with Crippen LogP contribution >= 0.6 is 11.6 Å². The summed E-state index contributed by atoms with van der Waals surface area (Å²) < 4.78 is 1.94. The van der Waals surface area contributed by atoms with Crippen molar-refractivity contribution in [3.8, 4) is 0 Å². The molecule has 4 rings (SSSR count). The molecule has 0 aliphatic heterocycles. The minimum atomic E-state index is -0.457. The molecule has 158 valence electrons. The van der Waals surface area contributed by atoms with Crippen molar-refractivity contribution >= 4 is 28.3 Å². The summed E-state index contributed by atoms with van der Waals surface area (Å²) in [7, 11) is 0. The monoisotopic (exact) mass is 432 g/mol. The SMILES string of the molecule is O=C(c1cn(CCO)c2ccccc12)[C@@H](NCCc1ccc(Cl)cc1)c1ccccc1. The van der Waals surface area contributed by atoms with Crippen LogP contribution in [0.5, 0.6) is 0 Å². The summed E-state index contributed by atoms with van der Waals surface area (Å²) in [6.07, 6.45) is 2.65. The minimum absolute atomic E-state index is 0.0216. The lowest BCUT2D eigenvalue weighted by Gasteiger charge is -2.18. The predicted octanol–water partition coefficient (Wildman–Crippen LogP) is 5.04. The summed E-state index contributed by atoms with van der Waals surface area (Å²) in [5, 5.41) is 14.5. The molecular formula is C26H25ClN2O2. The van der Waals surface area contributed by atoms with Gasteiger partial charge in [0.05, 0.1) is 12.6 Å². The highest BCUT2D eigenvalue weighted by molar-refractivity contribution is 6.30. The smallest absolute Gasteiger partial charge is 0.186 e. The number of aliphatic hydroxyl groups is 1. The van der Waals surface area contributed by atoms with E-state index in [0.29, 0.717) is 23.7 Å². The van der Waals surface area contributed by atoms with Crippen LogP contribution in [0.4, 0.5) is 0 Å². The number of halogens is 1. The molecule has 4 nitrogen and oxygen atoms in total. The zero-order chi connectivity index (χ0) is 21.6. The summed E-state index contributed by atoms with van der Waals surface area (Å²) in [4.78, 5) is 13.7. The van der Waals surface area contributed by atoms with Crippen molar-refractivity contribution in [3.05, 3.63) is 107 Å². The first-order chi connectivity index (χ1) is 15.2. The molecule has 5 heteroatoms. The number of hydrogen-bond acceptors (Lipinski definition) is 3. The van der Waals surface area contributed by atoms with Crippen LogP contribution in [0.3, 0.4) is 0 Å². The Kier molecular flexibility index (Phi) is 6.82. The van der Waals surface area contributed by atoms with Crippen LogP contribution < -0.4 is 5.32 Å². The van der Waals surface area contributed by atoms with Gasteiger partial charge in [-0.3, -0.25) is 4.79 Å². The summed E-state index contributed by atoms with van der Waals surface area (Å²) in [6, 6.07) is 25.0. The number of aliphatic hydroxyl groups excluding tert-OH is 1. The van der Waals surface area contributed by atoms with Gasteiger partial charge in [-0.15, -0.1) is 0 Å². The Morgan fingerprint density at radius 3 is 2.42 bits per heavy atom. The van der Waals surface area contributed by atoms with E-state index in [9.17, 15) is 9.90 Å². The highest BCUT2D eigenvalue weighted by atomic mass is 35.5. The van der Waals surface area contributed by atoms with E-state index < -0.39 is 6.04 Å². The van der Waals surface area contributed by atoms with Gasteiger partial charge in [0.25, 0.3) is 0 Å². The molecule has 1 atom stereocenters. The Labute approximate surface area is 187 Å². The van der Waals surface area contributed by atoms with Crippen molar-refractivity contribution in [1.29, 1.82) is 0 Å². The summed E-state index contributed by atoms with van der Waals surface area (Å²) in [5.41, 5.74) is 3.71. The second-order valence-corrected chi connectivity index (χ2v) is 7.95. The maximum atomic E-state index is 13.7. The minimum Gasteiger partial charge on any atom is -0.395 e. The number of carbonyl (C=O) groups is 1. The molecule has 0 aliphatic carbocycles. The van der Waals surface area contributed by atoms with Crippen LogP contribution in [0.15, 0.2) is 85.1 Å². The quantitative estimate of drug-likeness (QED) is 0.364. The van der Waals surface area contributed by atoms with Crippen molar-refractivity contribution in [3.63, 3.8) is 0 Å². The molecule has 0 unspecified atom stereocenters. The van der Waals surface area contributed by atoms with E-state index >= 15 is 0 Å². The number of benzene rings is 3. The molecule has 2 N–H and O–H groups in total. The third kappa shape index (κ3) is 4.88. The van der Waals surface area contributed by atoms with E-state index in [2.05, 4.69) is 5.32 Å². The van der Waals surface area contributed by atoms with Crippen LogP contribution in [0.25, 0.3) is 10.9 Å². The second kappa shape index (κ2) is 9.92. The van der Waals surface area contributed by atoms with Crippen molar-refractivity contribution in [1.82, 2.24) is 9.88 Å². The molecular weight excluding hydrogens is 408 g/mol. The van der Waals surface area contributed by atoms with Gasteiger partial charge in [-0.05, 0) is 35.7 Å². The molecule has 1 aromatic heterocycles. The second-order valence-electron chi connectivity index (χ2n) is 7.52. The number of Topliss-reactive ketones (excluding diaryl/α,β-unsaturated/α-hetero) is 1. The van der Waals surface area contributed by atoms with Gasteiger partial charge in [-0.1, -0.05) is 72.3 Å². The number of para-hydroxylation sites is 1. The molecule has 3 aromatic carbocycles. The third-order valence-corrected chi connectivity index (χ3v) is 5.72. The number of nitrogens with one attached hydrogen (secondary N) is 1. The highest BCUT2D eigenvalue weighted by Gasteiger charge is 2.24. The molecule has 0 radical (unpaired) electrons. The first kappa shape index (κ1) is 21.3. The van der Waals surface area contributed by atoms with Crippen LogP contribution in [-0.2, 0) is 13.0 Å². The Morgan fingerprint density at radius 2 is 1.68 bits per heavy atom. The lowest BCUT2D eigenvalue weighted by atomic mass is 9.96. The number of nitrogens with zero attached hydrogens (tertiary/aromatic N) is 1. The fourth-order valence-corrected chi connectivity index (χ4v) is 4.04. The average Bonchev–Trinajstić information content (AvgIpc) is 3.17. The molecule has 0 saturated heterocycles. The van der Waals surface area contributed by atoms with Crippen molar-refractivity contribution < 1.29 is 9.90 Å². The Hall–Kier alpha value is -2.92. The van der Waals surface area contributed by atoms with E-state index in [0.717, 1.165) is 28.5 Å². The fraction of sp³-hybridized carbons (Fsp3) is 0.192. The normalized spacial score (nSPS) is 12.2. The maximum absolute atomic E-state index is 13.7.